The molecule has 0 radical (unpaired) electrons. The fourth-order valence-corrected chi connectivity index (χ4v) is 4.74. The van der Waals surface area contributed by atoms with Gasteiger partial charge in [0.15, 0.2) is 0 Å². The Labute approximate surface area is 327 Å². The van der Waals surface area contributed by atoms with Crippen LogP contribution in [0.1, 0.15) is 64.2 Å². The molecule has 0 aromatic carbocycles. The van der Waals surface area contributed by atoms with Gasteiger partial charge in [-0.15, -0.1) is 0 Å². The predicted molar refractivity (Wildman–Crippen MR) is 196 cm³/mol. The third-order valence-corrected chi connectivity index (χ3v) is 7.66. The van der Waals surface area contributed by atoms with E-state index in [0.29, 0.717) is 38.8 Å². The smallest absolute Gasteiger partial charge is 0.322 e. The van der Waals surface area contributed by atoms with Crippen LogP contribution >= 0.6 is 0 Å². The molecular weight excluding hydrogens is 762 g/mol. The van der Waals surface area contributed by atoms with Gasteiger partial charge in [-0.3, -0.25) is 52.7 Å². The maximum Gasteiger partial charge on any atom is 0.322 e. The molecule has 0 saturated carbocycles. The monoisotopic (exact) mass is 817 g/mol. The molecule has 25 heteroatoms. The first-order valence-electron chi connectivity index (χ1n) is 18.0. The minimum absolute atomic E-state index is 0.0929. The second-order valence-electron chi connectivity index (χ2n) is 12.4. The average Bonchev–Trinajstić information content (AvgIpc) is 3.16. The van der Waals surface area contributed by atoms with Crippen molar-refractivity contribution in [1.29, 1.82) is 0 Å². The lowest BCUT2D eigenvalue weighted by atomic mass is 10.1. The Hall–Kier alpha value is -5.95. The van der Waals surface area contributed by atoms with Gasteiger partial charge in [-0.1, -0.05) is 0 Å². The molecule has 0 aliphatic heterocycles. The van der Waals surface area contributed by atoms with Crippen LogP contribution in [0.3, 0.4) is 0 Å². The molecule has 0 fully saturated rings. The van der Waals surface area contributed by atoms with Crippen LogP contribution in [-0.4, -0.2) is 150 Å². The van der Waals surface area contributed by atoms with Crippen molar-refractivity contribution in [2.24, 2.45) is 17.2 Å². The summed E-state index contributed by atoms with van der Waals surface area (Å²) in [6, 6.07) is -5.28. The van der Waals surface area contributed by atoms with E-state index in [9.17, 15) is 52.7 Å². The first-order valence-corrected chi connectivity index (χ1v) is 18.0. The van der Waals surface area contributed by atoms with Crippen LogP contribution in [0.2, 0.25) is 0 Å². The SMILES string of the molecule is NCCCC[C@H](NC(=O)CN)C(=O)NCC(=O)N[C@@H](CCC(=O)O)C(=O)NCC(=O)N[C@@H](CCC(=O)O)C(=O)NCC(=O)N[C@@H](CCCCN)C(=O)NCC(=O)O. The maximum absolute atomic E-state index is 12.9. The number of aliphatic carboxylic acids is 3. The summed E-state index contributed by atoms with van der Waals surface area (Å²) in [6.45, 7) is -2.74. The van der Waals surface area contributed by atoms with Crippen LogP contribution < -0.4 is 59.7 Å². The number of hydrogen-bond donors (Lipinski definition) is 14. The molecule has 17 N–H and O–H groups in total. The number of carboxylic acid groups (broad SMARTS) is 3. The van der Waals surface area contributed by atoms with Gasteiger partial charge in [-0.25, -0.2) is 0 Å². The summed E-state index contributed by atoms with van der Waals surface area (Å²) in [6.07, 6.45) is 0.0633. The Morgan fingerprint density at radius 2 is 0.684 bits per heavy atom. The number of nitrogens with two attached hydrogens (primary N) is 3. The fraction of sp³-hybridized carbons (Fsp3) is 0.656. The van der Waals surface area contributed by atoms with E-state index in [0.717, 1.165) is 0 Å². The van der Waals surface area contributed by atoms with Crippen LogP contribution in [0, 0.1) is 0 Å². The van der Waals surface area contributed by atoms with Crippen LogP contribution in [0.25, 0.3) is 0 Å². The van der Waals surface area contributed by atoms with Crippen molar-refractivity contribution in [3.63, 3.8) is 0 Å². The Kier molecular flexibility index (Phi) is 26.3. The summed E-state index contributed by atoms with van der Waals surface area (Å²) >= 11 is 0. The summed E-state index contributed by atoms with van der Waals surface area (Å²) in [4.78, 5) is 134. The minimum Gasteiger partial charge on any atom is -0.481 e. The molecule has 0 aromatic rings. The number of rotatable bonds is 31. The van der Waals surface area contributed by atoms with Crippen LogP contribution in [0.4, 0.5) is 0 Å². The van der Waals surface area contributed by atoms with Crippen LogP contribution in [0.5, 0.6) is 0 Å². The van der Waals surface area contributed by atoms with Crippen molar-refractivity contribution in [3.8, 4) is 0 Å². The zero-order valence-corrected chi connectivity index (χ0v) is 31.4. The predicted octanol–water partition coefficient (Wildman–Crippen LogP) is -6.58. The van der Waals surface area contributed by atoms with E-state index in [4.69, 9.17) is 32.5 Å². The Morgan fingerprint density at radius 1 is 0.386 bits per heavy atom. The van der Waals surface area contributed by atoms with Gasteiger partial charge in [-0.05, 0) is 64.5 Å². The van der Waals surface area contributed by atoms with Gasteiger partial charge in [0.25, 0.3) is 0 Å². The highest BCUT2D eigenvalue weighted by Crippen LogP contribution is 2.04. The average molecular weight is 818 g/mol. The lowest BCUT2D eigenvalue weighted by Gasteiger charge is -2.21. The Morgan fingerprint density at radius 3 is 0.965 bits per heavy atom. The lowest BCUT2D eigenvalue weighted by Crippen LogP contribution is -2.55. The van der Waals surface area contributed by atoms with Gasteiger partial charge in [0.2, 0.25) is 47.3 Å². The number of carbonyl (C=O) groups excluding carboxylic acids is 8. The quantitative estimate of drug-likeness (QED) is 0.0289. The van der Waals surface area contributed by atoms with Crippen molar-refractivity contribution in [1.82, 2.24) is 42.5 Å². The number of unbranched alkanes of at least 4 members (excludes halogenated alkanes) is 2. The first-order chi connectivity index (χ1) is 26.9. The summed E-state index contributed by atoms with van der Waals surface area (Å²) < 4.78 is 0. The highest BCUT2D eigenvalue weighted by Gasteiger charge is 2.27. The van der Waals surface area contributed by atoms with Crippen molar-refractivity contribution < 1.29 is 68.1 Å². The van der Waals surface area contributed by atoms with E-state index in [1.807, 2.05) is 0 Å². The number of amides is 8. The summed E-state index contributed by atoms with van der Waals surface area (Å²) in [5, 5.41) is 45.1. The van der Waals surface area contributed by atoms with E-state index < -0.39 is 148 Å². The molecule has 4 atom stereocenters. The number of hydrogen-bond acceptors (Lipinski definition) is 14. The van der Waals surface area contributed by atoms with Crippen molar-refractivity contribution in [2.45, 2.75) is 88.4 Å². The Balaban J connectivity index is 5.46. The molecular formula is C32H55N11O14. The fourth-order valence-electron chi connectivity index (χ4n) is 4.74. The lowest BCUT2D eigenvalue weighted by molar-refractivity contribution is -0.139. The molecule has 0 spiro atoms. The van der Waals surface area contributed by atoms with Crippen LogP contribution in [-0.2, 0) is 52.7 Å². The Bertz CT molecular complexity index is 1410. The van der Waals surface area contributed by atoms with E-state index in [1.54, 1.807) is 0 Å². The normalized spacial score (nSPS) is 12.6. The summed E-state index contributed by atoms with van der Waals surface area (Å²) in [5.41, 5.74) is 16.2. The zero-order chi connectivity index (χ0) is 43.3. The molecule has 0 heterocycles. The molecule has 0 aromatic heterocycles. The molecule has 0 unspecified atom stereocenters. The molecule has 8 amide bonds. The molecule has 57 heavy (non-hydrogen) atoms. The zero-order valence-electron chi connectivity index (χ0n) is 31.4. The highest BCUT2D eigenvalue weighted by molar-refractivity contribution is 5.96. The summed E-state index contributed by atoms with van der Waals surface area (Å²) in [5.74, 6) is -11.0. The third kappa shape index (κ3) is 25.0. The van der Waals surface area contributed by atoms with Gasteiger partial charge >= 0.3 is 17.9 Å². The number of carbonyl (C=O) groups is 11. The first kappa shape index (κ1) is 51.0. The highest BCUT2D eigenvalue weighted by atomic mass is 16.4. The van der Waals surface area contributed by atoms with Gasteiger partial charge in [0, 0.05) is 12.8 Å². The van der Waals surface area contributed by atoms with Crippen molar-refractivity contribution in [3.05, 3.63) is 0 Å². The molecule has 0 aliphatic rings. The second kappa shape index (κ2) is 29.4. The van der Waals surface area contributed by atoms with Gasteiger partial charge < -0.3 is 75.1 Å². The van der Waals surface area contributed by atoms with E-state index in [-0.39, 0.29) is 12.8 Å². The standard InChI is InChI=1S/C32H55N11O14/c33-11-3-1-5-18(40-22(44)13-35)29(54)36-15-24(46)42-21(8-10-27(50)51)32(57)38-16-25(47)43-20(7-9-26(48)49)31(56)37-14-23(45)41-19(6-2-4-12-34)30(55)39-17-28(52)53/h18-21H,1-17,33-35H2,(H,36,54)(H,37,56)(H,38,57)(H,39,55)(H,40,44)(H,41,45)(H,42,46)(H,43,47)(H,48,49)(H,50,51)(H,52,53)/t18-,19-,20-,21-/m0/s1. The molecule has 322 valence electrons. The van der Waals surface area contributed by atoms with Crippen LogP contribution in [0.15, 0.2) is 0 Å². The van der Waals surface area contributed by atoms with Gasteiger partial charge in [-0.2, -0.15) is 0 Å². The minimum atomic E-state index is -1.54. The maximum atomic E-state index is 12.9. The third-order valence-electron chi connectivity index (χ3n) is 7.66. The van der Waals surface area contributed by atoms with Crippen molar-refractivity contribution >= 4 is 65.2 Å². The topological polar surface area (TPSA) is 423 Å². The number of carboxylic acids is 3. The molecule has 0 bridgehead atoms. The molecule has 25 nitrogen and oxygen atoms in total. The molecule has 0 aliphatic carbocycles. The van der Waals surface area contributed by atoms with Gasteiger partial charge in [0.05, 0.1) is 26.2 Å². The second-order valence-corrected chi connectivity index (χ2v) is 12.4. The number of nitrogens with one attached hydrogen (secondary N) is 8. The molecule has 0 rings (SSSR count). The van der Waals surface area contributed by atoms with E-state index in [1.165, 1.54) is 0 Å². The molecule has 0 saturated heterocycles. The largest absolute Gasteiger partial charge is 0.481 e. The van der Waals surface area contributed by atoms with Gasteiger partial charge in [0.1, 0.15) is 30.7 Å². The summed E-state index contributed by atoms with van der Waals surface area (Å²) in [7, 11) is 0. The van der Waals surface area contributed by atoms with E-state index >= 15 is 0 Å². The van der Waals surface area contributed by atoms with Crippen molar-refractivity contribution in [2.75, 3.05) is 45.8 Å². The van der Waals surface area contributed by atoms with E-state index in [2.05, 4.69) is 42.5 Å².